The van der Waals surface area contributed by atoms with Crippen molar-refractivity contribution in [1.29, 1.82) is 0 Å². The third kappa shape index (κ3) is 3.65. The molecule has 0 bridgehead atoms. The van der Waals surface area contributed by atoms with Gasteiger partial charge in [-0.3, -0.25) is 0 Å². The first-order valence-electron chi connectivity index (χ1n) is 10.6. The Morgan fingerprint density at radius 3 is 2.57 bits per heavy atom. The van der Waals surface area contributed by atoms with E-state index in [2.05, 4.69) is 82.8 Å². The molecule has 0 saturated carbocycles. The van der Waals surface area contributed by atoms with Crippen LogP contribution in [0.3, 0.4) is 0 Å². The molecule has 0 heterocycles. The van der Waals surface area contributed by atoms with Crippen LogP contribution in [0.5, 0.6) is 0 Å². The van der Waals surface area contributed by atoms with E-state index in [9.17, 15) is 0 Å². The van der Waals surface area contributed by atoms with Gasteiger partial charge in [-0.2, -0.15) is 0 Å². The Morgan fingerprint density at radius 1 is 1.07 bits per heavy atom. The molecule has 2 aliphatic rings. The molecule has 0 radical (unpaired) electrons. The van der Waals surface area contributed by atoms with E-state index in [1.807, 2.05) is 0 Å². The first kappa shape index (κ1) is 19.0. The van der Waals surface area contributed by atoms with Crippen LogP contribution in [0, 0.1) is 19.8 Å². The highest BCUT2D eigenvalue weighted by molar-refractivity contribution is 5.62. The number of rotatable bonds is 4. The van der Waals surface area contributed by atoms with Crippen molar-refractivity contribution in [2.45, 2.75) is 59.3 Å². The lowest BCUT2D eigenvalue weighted by molar-refractivity contribution is 0.564. The minimum absolute atomic E-state index is 0.478. The molecular formula is C28H32. The van der Waals surface area contributed by atoms with Crippen LogP contribution in [0.15, 0.2) is 65.8 Å². The van der Waals surface area contributed by atoms with Crippen molar-refractivity contribution in [3.63, 3.8) is 0 Å². The van der Waals surface area contributed by atoms with Gasteiger partial charge in [-0.1, -0.05) is 84.3 Å². The Balaban J connectivity index is 1.66. The molecule has 2 aromatic rings. The van der Waals surface area contributed by atoms with E-state index in [0.29, 0.717) is 11.8 Å². The topological polar surface area (TPSA) is 0 Å². The van der Waals surface area contributed by atoms with Gasteiger partial charge in [0.1, 0.15) is 0 Å². The van der Waals surface area contributed by atoms with Crippen molar-refractivity contribution in [2.75, 3.05) is 0 Å². The maximum absolute atomic E-state index is 4.35. The monoisotopic (exact) mass is 368 g/mol. The van der Waals surface area contributed by atoms with E-state index in [0.717, 1.165) is 25.7 Å². The van der Waals surface area contributed by atoms with Gasteiger partial charge >= 0.3 is 0 Å². The van der Waals surface area contributed by atoms with Gasteiger partial charge in [0.05, 0.1) is 0 Å². The summed E-state index contributed by atoms with van der Waals surface area (Å²) in [5.74, 6) is 1.02. The Kier molecular flexibility index (Phi) is 5.15. The lowest BCUT2D eigenvalue weighted by atomic mass is 9.71. The fraction of sp³-hybridized carbons (Fsp3) is 0.357. The summed E-state index contributed by atoms with van der Waals surface area (Å²) < 4.78 is 0. The second kappa shape index (κ2) is 7.59. The summed E-state index contributed by atoms with van der Waals surface area (Å²) in [6.45, 7) is 13.5. The third-order valence-electron chi connectivity index (χ3n) is 6.65. The minimum Gasteiger partial charge on any atom is -0.0995 e. The number of hydrogen-bond acceptors (Lipinski definition) is 0. The first-order valence-corrected chi connectivity index (χ1v) is 10.6. The molecule has 2 aliphatic carbocycles. The van der Waals surface area contributed by atoms with E-state index in [-0.39, 0.29) is 0 Å². The van der Waals surface area contributed by atoms with Crippen molar-refractivity contribution >= 4 is 6.08 Å². The highest BCUT2D eigenvalue weighted by atomic mass is 14.3. The molecule has 2 unspecified atom stereocenters. The summed E-state index contributed by atoms with van der Waals surface area (Å²) in [5, 5.41) is 0. The zero-order valence-corrected chi connectivity index (χ0v) is 17.8. The lowest BCUT2D eigenvalue weighted by Crippen LogP contribution is -2.19. The Hall–Kier alpha value is -2.34. The van der Waals surface area contributed by atoms with E-state index in [1.165, 1.54) is 44.5 Å². The van der Waals surface area contributed by atoms with Crippen molar-refractivity contribution in [3.8, 4) is 0 Å². The van der Waals surface area contributed by atoms with E-state index in [4.69, 9.17) is 0 Å². The van der Waals surface area contributed by atoms with Crippen molar-refractivity contribution in [2.24, 2.45) is 5.92 Å². The Labute approximate surface area is 170 Å². The summed E-state index contributed by atoms with van der Waals surface area (Å²) in [6, 6.07) is 14.0. The second-order valence-electron chi connectivity index (χ2n) is 9.02. The van der Waals surface area contributed by atoms with Gasteiger partial charge in [0.25, 0.3) is 0 Å². The Bertz CT molecular complexity index is 966. The number of aryl methyl sites for hydroxylation is 2. The maximum atomic E-state index is 4.35. The van der Waals surface area contributed by atoms with E-state index >= 15 is 0 Å². The van der Waals surface area contributed by atoms with Gasteiger partial charge in [-0.15, -0.1) is 0 Å². The van der Waals surface area contributed by atoms with Crippen molar-refractivity contribution in [1.82, 2.24) is 0 Å². The zero-order valence-electron chi connectivity index (χ0n) is 17.8. The summed E-state index contributed by atoms with van der Waals surface area (Å²) in [5.41, 5.74) is 13.2. The average Bonchev–Trinajstić information content (AvgIpc) is 3.09. The maximum Gasteiger partial charge on any atom is 0.00908 e. The van der Waals surface area contributed by atoms with Crippen molar-refractivity contribution in [3.05, 3.63) is 99.2 Å². The van der Waals surface area contributed by atoms with Crippen LogP contribution in [0.4, 0.5) is 0 Å². The molecule has 0 nitrogen and oxygen atoms in total. The highest BCUT2D eigenvalue weighted by Gasteiger charge is 2.28. The fourth-order valence-corrected chi connectivity index (χ4v) is 5.24. The highest BCUT2D eigenvalue weighted by Crippen LogP contribution is 2.44. The summed E-state index contributed by atoms with van der Waals surface area (Å²) >= 11 is 0. The normalized spacial score (nSPS) is 19.9. The predicted octanol–water partition coefficient (Wildman–Crippen LogP) is 7.50. The number of fused-ring (bicyclic) bond motifs is 1. The SMILES string of the molecule is C=C1CC(C)=C(C(C)Cc2cc3c(cc2C)CC=C3)C(c2ccc(C)cc2)C1. The van der Waals surface area contributed by atoms with Crippen LogP contribution < -0.4 is 0 Å². The molecule has 0 amide bonds. The van der Waals surface area contributed by atoms with Crippen molar-refractivity contribution < 1.29 is 0 Å². The predicted molar refractivity (Wildman–Crippen MR) is 122 cm³/mol. The summed E-state index contributed by atoms with van der Waals surface area (Å²) in [6.07, 6.45) is 8.93. The molecule has 0 spiro atoms. The molecule has 0 N–H and O–H groups in total. The van der Waals surface area contributed by atoms with Crippen LogP contribution in [0.2, 0.25) is 0 Å². The lowest BCUT2D eigenvalue weighted by Gasteiger charge is -2.33. The van der Waals surface area contributed by atoms with Gasteiger partial charge in [-0.25, -0.2) is 0 Å². The van der Waals surface area contributed by atoms with Gasteiger partial charge in [0, 0.05) is 5.92 Å². The van der Waals surface area contributed by atoms with Gasteiger partial charge in [0.2, 0.25) is 0 Å². The van der Waals surface area contributed by atoms with Crippen LogP contribution in [-0.2, 0) is 12.8 Å². The van der Waals surface area contributed by atoms with Gasteiger partial charge in [-0.05, 0) is 80.2 Å². The van der Waals surface area contributed by atoms with E-state index < -0.39 is 0 Å². The zero-order chi connectivity index (χ0) is 19.8. The molecule has 0 aliphatic heterocycles. The molecule has 0 heteroatoms. The molecule has 0 aromatic heterocycles. The van der Waals surface area contributed by atoms with Crippen LogP contribution in [0.25, 0.3) is 6.08 Å². The molecule has 28 heavy (non-hydrogen) atoms. The number of allylic oxidation sites excluding steroid dienone is 4. The third-order valence-corrected chi connectivity index (χ3v) is 6.65. The summed E-state index contributed by atoms with van der Waals surface area (Å²) in [4.78, 5) is 0. The van der Waals surface area contributed by atoms with E-state index in [1.54, 1.807) is 5.57 Å². The number of hydrogen-bond donors (Lipinski definition) is 0. The largest absolute Gasteiger partial charge is 0.0995 e. The Morgan fingerprint density at radius 2 is 1.82 bits per heavy atom. The molecule has 2 atom stereocenters. The smallest absolute Gasteiger partial charge is 0.00908 e. The molecule has 144 valence electrons. The first-order chi connectivity index (χ1) is 13.4. The number of benzene rings is 2. The average molecular weight is 369 g/mol. The molecule has 4 rings (SSSR count). The summed E-state index contributed by atoms with van der Waals surface area (Å²) in [7, 11) is 0. The standard InChI is InChI=1S/C28H32/c1-18-9-11-23(12-10-18)27-14-19(2)13-21(4)28(27)22(5)16-26-17-25-8-6-7-24(25)15-20(26)3/h6,8-12,15,17,22,27H,2,7,13-14,16H2,1,3-5H3. The minimum atomic E-state index is 0.478. The quantitative estimate of drug-likeness (QED) is 0.490. The van der Waals surface area contributed by atoms with Gasteiger partial charge < -0.3 is 0 Å². The molecular weight excluding hydrogens is 336 g/mol. The molecule has 2 aromatic carbocycles. The molecule has 0 saturated heterocycles. The van der Waals surface area contributed by atoms with Gasteiger partial charge in [0.15, 0.2) is 0 Å². The van der Waals surface area contributed by atoms with Crippen LogP contribution >= 0.6 is 0 Å². The van der Waals surface area contributed by atoms with Crippen LogP contribution in [-0.4, -0.2) is 0 Å². The molecule has 0 fully saturated rings. The fourth-order valence-electron chi connectivity index (χ4n) is 5.24. The van der Waals surface area contributed by atoms with Crippen LogP contribution in [0.1, 0.15) is 66.0 Å². The second-order valence-corrected chi connectivity index (χ2v) is 9.02.